The fourth-order valence-electron chi connectivity index (χ4n) is 6.06. The van der Waals surface area contributed by atoms with Gasteiger partial charge in [-0.2, -0.15) is 0 Å². The summed E-state index contributed by atoms with van der Waals surface area (Å²) >= 11 is 1.88. The van der Waals surface area contributed by atoms with Gasteiger partial charge in [0.15, 0.2) is 0 Å². The van der Waals surface area contributed by atoms with E-state index in [2.05, 4.69) is 30.3 Å². The lowest BCUT2D eigenvalue weighted by atomic mass is 9.44. The van der Waals surface area contributed by atoms with Crippen molar-refractivity contribution in [3.63, 3.8) is 0 Å². The number of primary amides is 1. The predicted octanol–water partition coefficient (Wildman–Crippen LogP) is 4.30. The summed E-state index contributed by atoms with van der Waals surface area (Å²) in [7, 11) is 0. The predicted molar refractivity (Wildman–Crippen MR) is 89.7 cm³/mol. The number of carbonyl (C=O) groups excluding carboxylic acids is 1. The van der Waals surface area contributed by atoms with E-state index in [9.17, 15) is 4.79 Å². The van der Waals surface area contributed by atoms with Gasteiger partial charge in [0.05, 0.1) is 5.41 Å². The highest BCUT2D eigenvalue weighted by molar-refractivity contribution is 7.19. The molecule has 6 rings (SSSR count). The first-order valence-electron chi connectivity index (χ1n) is 8.44. The van der Waals surface area contributed by atoms with Crippen LogP contribution in [0.5, 0.6) is 0 Å². The van der Waals surface area contributed by atoms with Gasteiger partial charge in [-0.15, -0.1) is 11.3 Å². The Morgan fingerprint density at radius 3 is 2.55 bits per heavy atom. The van der Waals surface area contributed by atoms with E-state index in [1.165, 1.54) is 34.2 Å². The van der Waals surface area contributed by atoms with Crippen molar-refractivity contribution in [1.29, 1.82) is 0 Å². The van der Waals surface area contributed by atoms with Gasteiger partial charge < -0.3 is 5.73 Å². The van der Waals surface area contributed by atoms with Crippen molar-refractivity contribution in [2.24, 2.45) is 28.9 Å². The summed E-state index contributed by atoms with van der Waals surface area (Å²) in [6, 6.07) is 10.9. The van der Waals surface area contributed by atoms with Gasteiger partial charge in [-0.25, -0.2) is 0 Å². The van der Waals surface area contributed by atoms with Crippen LogP contribution in [0.1, 0.15) is 42.9 Å². The Morgan fingerprint density at radius 1 is 1.14 bits per heavy atom. The number of benzene rings is 1. The molecule has 4 saturated carbocycles. The molecule has 0 saturated heterocycles. The van der Waals surface area contributed by atoms with Gasteiger partial charge in [-0.3, -0.25) is 4.79 Å². The molecule has 1 heterocycles. The van der Waals surface area contributed by atoms with Crippen LogP contribution >= 0.6 is 11.3 Å². The minimum atomic E-state index is -0.254. The van der Waals surface area contributed by atoms with Gasteiger partial charge in [-0.05, 0) is 67.4 Å². The highest BCUT2D eigenvalue weighted by atomic mass is 32.1. The van der Waals surface area contributed by atoms with Crippen LogP contribution in [0.3, 0.4) is 0 Å². The van der Waals surface area contributed by atoms with Crippen LogP contribution in [0.15, 0.2) is 30.3 Å². The number of carbonyl (C=O) groups is 1. The molecule has 1 aromatic heterocycles. The Bertz CT molecular complexity index is 717. The van der Waals surface area contributed by atoms with Crippen LogP contribution in [-0.4, -0.2) is 5.91 Å². The molecule has 1 amide bonds. The third kappa shape index (κ3) is 1.63. The molecule has 4 bridgehead atoms. The van der Waals surface area contributed by atoms with Gasteiger partial charge in [0.25, 0.3) is 0 Å². The number of thiophene rings is 1. The number of fused-ring (bicyclic) bond motifs is 1. The maximum Gasteiger partial charge on any atom is 0.224 e. The van der Waals surface area contributed by atoms with Gasteiger partial charge in [0.2, 0.25) is 5.91 Å². The zero-order valence-electron chi connectivity index (χ0n) is 12.6. The molecule has 3 atom stereocenters. The zero-order valence-corrected chi connectivity index (χ0v) is 13.4. The minimum Gasteiger partial charge on any atom is -0.369 e. The molecule has 4 fully saturated rings. The number of hydrogen-bond donors (Lipinski definition) is 1. The van der Waals surface area contributed by atoms with Crippen LogP contribution in [0.25, 0.3) is 10.1 Å². The van der Waals surface area contributed by atoms with Crippen molar-refractivity contribution < 1.29 is 4.79 Å². The molecule has 4 aliphatic carbocycles. The number of rotatable bonds is 2. The third-order valence-corrected chi connectivity index (χ3v) is 7.75. The molecule has 22 heavy (non-hydrogen) atoms. The largest absolute Gasteiger partial charge is 0.369 e. The number of hydrogen-bond acceptors (Lipinski definition) is 2. The Balaban J connectivity index is 1.66. The molecular weight excluding hydrogens is 290 g/mol. The van der Waals surface area contributed by atoms with Gasteiger partial charge >= 0.3 is 0 Å². The average molecular weight is 311 g/mol. The summed E-state index contributed by atoms with van der Waals surface area (Å²) in [5.74, 6) is 2.50. The van der Waals surface area contributed by atoms with Gasteiger partial charge in [0, 0.05) is 15.5 Å². The molecule has 4 aliphatic rings. The van der Waals surface area contributed by atoms with Crippen molar-refractivity contribution in [3.8, 4) is 0 Å². The van der Waals surface area contributed by atoms with E-state index >= 15 is 0 Å². The fourth-order valence-corrected chi connectivity index (χ4v) is 7.43. The standard InChI is InChI=1S/C19H21NOS/c20-18(21)19-9-11-5-12(10-19)7-14(6-11)17(19)16-8-13-3-1-2-4-15(13)22-16/h1-4,8,11-12,14,17H,5-7,9-10H2,(H2,20,21). The molecule has 2 N–H and O–H groups in total. The van der Waals surface area contributed by atoms with Crippen molar-refractivity contribution in [2.75, 3.05) is 0 Å². The molecule has 0 spiro atoms. The molecule has 0 radical (unpaired) electrons. The Kier molecular flexibility index (Phi) is 2.59. The summed E-state index contributed by atoms with van der Waals surface area (Å²) in [4.78, 5) is 13.9. The molecule has 2 aromatic rings. The monoisotopic (exact) mass is 311 g/mol. The Morgan fingerprint density at radius 2 is 1.86 bits per heavy atom. The second kappa shape index (κ2) is 4.35. The lowest BCUT2D eigenvalue weighted by Crippen LogP contribution is -2.56. The highest BCUT2D eigenvalue weighted by Crippen LogP contribution is 2.66. The maximum atomic E-state index is 12.5. The van der Waals surface area contributed by atoms with Crippen molar-refractivity contribution >= 4 is 27.3 Å². The third-order valence-electron chi connectivity index (χ3n) is 6.55. The molecular formula is C19H21NOS. The van der Waals surface area contributed by atoms with Crippen molar-refractivity contribution in [2.45, 2.75) is 38.0 Å². The zero-order chi connectivity index (χ0) is 14.9. The SMILES string of the molecule is NC(=O)C12CC3CC(CC(C3)C1c1cc3ccccc3s1)C2. The lowest BCUT2D eigenvalue weighted by molar-refractivity contribution is -0.147. The summed E-state index contributed by atoms with van der Waals surface area (Å²) in [5.41, 5.74) is 5.72. The second-order valence-corrected chi connectivity index (χ2v) is 8.91. The van der Waals surface area contributed by atoms with Crippen molar-refractivity contribution in [3.05, 3.63) is 35.2 Å². The van der Waals surface area contributed by atoms with Crippen LogP contribution in [0.4, 0.5) is 0 Å². The summed E-state index contributed by atoms with van der Waals surface area (Å²) in [6.45, 7) is 0. The van der Waals surface area contributed by atoms with E-state index in [1.54, 1.807) is 0 Å². The molecule has 1 aromatic carbocycles. The van der Waals surface area contributed by atoms with E-state index in [-0.39, 0.29) is 11.3 Å². The number of nitrogens with two attached hydrogens (primary N) is 1. The van der Waals surface area contributed by atoms with E-state index in [4.69, 9.17) is 5.73 Å². The normalized spacial score (nSPS) is 39.5. The average Bonchev–Trinajstić information content (AvgIpc) is 2.89. The first kappa shape index (κ1) is 13.1. The number of amides is 1. The quantitative estimate of drug-likeness (QED) is 0.883. The Hall–Kier alpha value is -1.35. The van der Waals surface area contributed by atoms with Gasteiger partial charge in [0.1, 0.15) is 0 Å². The smallest absolute Gasteiger partial charge is 0.224 e. The Labute approximate surface area is 134 Å². The minimum absolute atomic E-state index is 0.0333. The molecule has 114 valence electrons. The first-order valence-corrected chi connectivity index (χ1v) is 9.26. The van der Waals surface area contributed by atoms with Crippen LogP contribution in [-0.2, 0) is 4.79 Å². The van der Waals surface area contributed by atoms with Crippen molar-refractivity contribution in [1.82, 2.24) is 0 Å². The molecule has 3 unspecified atom stereocenters. The summed E-state index contributed by atoms with van der Waals surface area (Å²) < 4.78 is 1.34. The highest BCUT2D eigenvalue weighted by Gasteiger charge is 2.60. The first-order chi connectivity index (χ1) is 10.7. The van der Waals surface area contributed by atoms with Gasteiger partial charge in [-0.1, -0.05) is 18.2 Å². The van der Waals surface area contributed by atoms with E-state index < -0.39 is 0 Å². The summed E-state index contributed by atoms with van der Waals surface area (Å²) in [5, 5.41) is 1.32. The van der Waals surface area contributed by atoms with E-state index in [0.717, 1.165) is 24.7 Å². The van der Waals surface area contributed by atoms with Crippen LogP contribution in [0, 0.1) is 23.2 Å². The summed E-state index contributed by atoms with van der Waals surface area (Å²) in [6.07, 6.45) is 6.03. The fraction of sp³-hybridized carbons (Fsp3) is 0.526. The van der Waals surface area contributed by atoms with Crippen LogP contribution < -0.4 is 5.73 Å². The second-order valence-electron chi connectivity index (χ2n) is 7.79. The molecule has 3 heteroatoms. The molecule has 0 aliphatic heterocycles. The van der Waals surface area contributed by atoms with Crippen LogP contribution in [0.2, 0.25) is 0 Å². The maximum absolute atomic E-state index is 12.5. The van der Waals surface area contributed by atoms with E-state index in [1.807, 2.05) is 11.3 Å². The molecule has 2 nitrogen and oxygen atoms in total. The topological polar surface area (TPSA) is 43.1 Å². The van der Waals surface area contributed by atoms with E-state index in [0.29, 0.717) is 11.8 Å². The lowest BCUT2D eigenvalue weighted by Gasteiger charge is -2.59.